The topological polar surface area (TPSA) is 129 Å². The fraction of sp³-hybridized carbons (Fsp3) is 0.571. The maximum Gasteiger partial charge on any atom is 0.405 e. The molecule has 2 aliphatic rings. The first-order valence-electron chi connectivity index (χ1n) is 10.1. The van der Waals surface area contributed by atoms with Crippen LogP contribution in [0, 0.1) is 11.2 Å². The lowest BCUT2D eigenvalue weighted by Crippen LogP contribution is -2.63. The Kier molecular flexibility index (Phi) is 6.40. The number of fused-ring (bicyclic) bond motifs is 1. The predicted molar refractivity (Wildman–Crippen MR) is 109 cm³/mol. The van der Waals surface area contributed by atoms with Crippen molar-refractivity contribution in [2.45, 2.75) is 57.8 Å². The van der Waals surface area contributed by atoms with Gasteiger partial charge >= 0.3 is 6.09 Å². The Labute approximate surface area is 179 Å². The fourth-order valence-corrected chi connectivity index (χ4v) is 3.84. The number of nitrogens with two attached hydrogens (primary N) is 1. The van der Waals surface area contributed by atoms with E-state index in [0.29, 0.717) is 0 Å². The number of nitrogens with one attached hydrogen (secondary N) is 2. The van der Waals surface area contributed by atoms with Crippen molar-refractivity contribution in [3.8, 4) is 5.75 Å². The fourth-order valence-electron chi connectivity index (χ4n) is 3.84. The molecule has 9 nitrogen and oxygen atoms in total. The van der Waals surface area contributed by atoms with Gasteiger partial charge in [-0.2, -0.15) is 0 Å². The predicted octanol–water partition coefficient (Wildman–Crippen LogP) is 2.09. The molecule has 0 aliphatic carbocycles. The lowest BCUT2D eigenvalue weighted by molar-refractivity contribution is -0.141. The van der Waals surface area contributed by atoms with Gasteiger partial charge in [0.1, 0.15) is 11.6 Å². The van der Waals surface area contributed by atoms with Crippen molar-refractivity contribution in [3.63, 3.8) is 0 Å². The van der Waals surface area contributed by atoms with Crippen molar-refractivity contribution in [2.75, 3.05) is 18.5 Å². The minimum absolute atomic E-state index is 0.0888. The number of ether oxygens (including phenoxy) is 3. The third kappa shape index (κ3) is 5.25. The zero-order valence-corrected chi connectivity index (χ0v) is 17.8. The van der Waals surface area contributed by atoms with E-state index in [1.54, 1.807) is 0 Å². The molecule has 0 bridgehead atoms. The molecule has 2 aliphatic heterocycles. The molecule has 4 N–H and O–H groups in total. The van der Waals surface area contributed by atoms with Crippen LogP contribution in [0.15, 0.2) is 18.2 Å². The molecule has 1 fully saturated rings. The average Bonchev–Trinajstić information content (AvgIpc) is 2.77. The van der Waals surface area contributed by atoms with Gasteiger partial charge < -0.3 is 30.6 Å². The van der Waals surface area contributed by atoms with E-state index < -0.39 is 41.5 Å². The van der Waals surface area contributed by atoms with Crippen LogP contribution in [0.5, 0.6) is 5.75 Å². The molecule has 31 heavy (non-hydrogen) atoms. The monoisotopic (exact) mass is 437 g/mol. The molecule has 0 radical (unpaired) electrons. The molecule has 0 aromatic heterocycles. The van der Waals surface area contributed by atoms with E-state index in [-0.39, 0.29) is 49.3 Å². The minimum Gasteiger partial charge on any atom is -0.479 e. The second kappa shape index (κ2) is 8.70. The molecule has 2 heterocycles. The number of rotatable bonds is 4. The molecule has 1 spiro atoms. The highest BCUT2D eigenvalue weighted by Gasteiger charge is 2.50. The summed E-state index contributed by atoms with van der Waals surface area (Å²) < 4.78 is 31.0. The van der Waals surface area contributed by atoms with Gasteiger partial charge in [0.15, 0.2) is 17.7 Å². The third-order valence-electron chi connectivity index (χ3n) is 5.29. The molecule has 0 unspecified atom stereocenters. The van der Waals surface area contributed by atoms with Crippen LogP contribution in [-0.4, -0.2) is 48.9 Å². The number of benzene rings is 1. The van der Waals surface area contributed by atoms with Gasteiger partial charge in [0.2, 0.25) is 0 Å². The Bertz CT molecular complexity index is 863. The third-order valence-corrected chi connectivity index (χ3v) is 5.29. The van der Waals surface area contributed by atoms with Crippen LogP contribution >= 0.6 is 0 Å². The number of hydrogen-bond donors (Lipinski definition) is 3. The van der Waals surface area contributed by atoms with Gasteiger partial charge in [-0.25, -0.2) is 9.18 Å². The van der Waals surface area contributed by atoms with Gasteiger partial charge in [-0.3, -0.25) is 9.59 Å². The summed E-state index contributed by atoms with van der Waals surface area (Å²) in [4.78, 5) is 37.5. The molecule has 1 saturated heterocycles. The van der Waals surface area contributed by atoms with E-state index in [0.717, 1.165) is 0 Å². The summed E-state index contributed by atoms with van der Waals surface area (Å²) >= 11 is 0. The lowest BCUT2D eigenvalue weighted by atomic mass is 9.84. The van der Waals surface area contributed by atoms with E-state index in [4.69, 9.17) is 19.9 Å². The molecule has 1 aromatic rings. The molecule has 3 amide bonds. The highest BCUT2D eigenvalue weighted by atomic mass is 19.1. The van der Waals surface area contributed by atoms with Gasteiger partial charge in [0.05, 0.1) is 18.9 Å². The van der Waals surface area contributed by atoms with Crippen LogP contribution < -0.4 is 21.1 Å². The Morgan fingerprint density at radius 2 is 2.03 bits per heavy atom. The van der Waals surface area contributed by atoms with E-state index in [2.05, 4.69) is 10.6 Å². The molecule has 2 atom stereocenters. The Morgan fingerprint density at radius 1 is 1.35 bits per heavy atom. The van der Waals surface area contributed by atoms with Crippen LogP contribution in [0.25, 0.3) is 0 Å². The molecular formula is C21H28FN3O6. The van der Waals surface area contributed by atoms with E-state index in [1.165, 1.54) is 18.2 Å². The normalized spacial score (nSPS) is 21.2. The second-order valence-electron chi connectivity index (χ2n) is 9.02. The highest BCUT2D eigenvalue weighted by molar-refractivity contribution is 6.00. The summed E-state index contributed by atoms with van der Waals surface area (Å²) in [5.41, 5.74) is 3.72. The number of carbonyl (C=O) groups excluding carboxylic acids is 3. The van der Waals surface area contributed by atoms with Crippen molar-refractivity contribution in [2.24, 2.45) is 11.1 Å². The summed E-state index contributed by atoms with van der Waals surface area (Å²) in [6, 6.07) is 3.03. The largest absolute Gasteiger partial charge is 0.479 e. The minimum atomic E-state index is -1.23. The quantitative estimate of drug-likeness (QED) is 0.662. The summed E-state index contributed by atoms with van der Waals surface area (Å²) in [5, 5.41) is 5.29. The summed E-state index contributed by atoms with van der Waals surface area (Å²) in [5.74, 6) is -1.96. The standard InChI is InChI=1S/C21H28FN3O6/c1-20(2,3)11-14(30-19(23)28)17(26)25-16-18(27)24-13-6-4-5-12(22)15(13)31-21(16)7-9-29-10-8-21/h4-6,14,16H,7-11H2,1-3H3,(H2,23,28)(H,24,27)(H,25,26)/t14-,16+/m0/s1. The van der Waals surface area contributed by atoms with Crippen LogP contribution in [0.2, 0.25) is 0 Å². The second-order valence-corrected chi connectivity index (χ2v) is 9.02. The first-order chi connectivity index (χ1) is 14.5. The highest BCUT2D eigenvalue weighted by Crippen LogP contribution is 2.40. The number of hydrogen-bond acceptors (Lipinski definition) is 6. The molecule has 3 rings (SSSR count). The van der Waals surface area contributed by atoms with Gasteiger partial charge in [-0.05, 0) is 24.0 Å². The maximum absolute atomic E-state index is 14.5. The zero-order valence-electron chi connectivity index (χ0n) is 17.8. The van der Waals surface area contributed by atoms with Crippen molar-refractivity contribution in [3.05, 3.63) is 24.0 Å². The Balaban J connectivity index is 1.93. The number of amides is 3. The van der Waals surface area contributed by atoms with Crippen molar-refractivity contribution in [1.29, 1.82) is 0 Å². The van der Waals surface area contributed by atoms with Crippen molar-refractivity contribution in [1.82, 2.24) is 5.32 Å². The van der Waals surface area contributed by atoms with Gasteiger partial charge in [0.25, 0.3) is 11.8 Å². The molecular weight excluding hydrogens is 409 g/mol. The van der Waals surface area contributed by atoms with Gasteiger partial charge in [0, 0.05) is 12.8 Å². The van der Waals surface area contributed by atoms with Crippen molar-refractivity contribution >= 4 is 23.6 Å². The molecule has 170 valence electrons. The molecule has 1 aromatic carbocycles. The average molecular weight is 437 g/mol. The van der Waals surface area contributed by atoms with Gasteiger partial charge in [-0.1, -0.05) is 26.8 Å². The van der Waals surface area contributed by atoms with E-state index in [9.17, 15) is 18.8 Å². The first kappa shape index (κ1) is 22.8. The Hall–Kier alpha value is -2.88. The van der Waals surface area contributed by atoms with Crippen LogP contribution in [0.1, 0.15) is 40.0 Å². The van der Waals surface area contributed by atoms with Crippen LogP contribution in [0.3, 0.4) is 0 Å². The number of para-hydroxylation sites is 1. The lowest BCUT2D eigenvalue weighted by Gasteiger charge is -2.41. The summed E-state index contributed by atoms with van der Waals surface area (Å²) in [6.45, 7) is 6.16. The van der Waals surface area contributed by atoms with E-state index >= 15 is 0 Å². The number of primary amides is 1. The number of halogens is 1. The summed E-state index contributed by atoms with van der Waals surface area (Å²) in [7, 11) is 0. The number of anilines is 1. The van der Waals surface area contributed by atoms with Crippen LogP contribution in [-0.2, 0) is 19.1 Å². The Morgan fingerprint density at radius 3 is 2.65 bits per heavy atom. The molecule has 10 heteroatoms. The smallest absolute Gasteiger partial charge is 0.405 e. The maximum atomic E-state index is 14.5. The summed E-state index contributed by atoms with van der Waals surface area (Å²) in [6.07, 6.45) is -1.62. The molecule has 0 saturated carbocycles. The van der Waals surface area contributed by atoms with E-state index in [1.807, 2.05) is 20.8 Å². The number of carbonyl (C=O) groups is 3. The van der Waals surface area contributed by atoms with Crippen LogP contribution in [0.4, 0.5) is 14.9 Å². The first-order valence-corrected chi connectivity index (χ1v) is 10.1. The van der Waals surface area contributed by atoms with Crippen molar-refractivity contribution < 1.29 is 33.0 Å². The van der Waals surface area contributed by atoms with Gasteiger partial charge in [-0.15, -0.1) is 0 Å². The SMILES string of the molecule is CC(C)(C)C[C@H](OC(N)=O)C(=O)N[C@@H]1C(=O)Nc2cccc(F)c2OC12CCOCC2. The zero-order chi connectivity index (χ0) is 22.8.